The van der Waals surface area contributed by atoms with Crippen LogP contribution in [0.15, 0.2) is 24.3 Å². The molecule has 0 spiro atoms. The molecule has 0 saturated carbocycles. The Hall–Kier alpha value is -1.71. The largest absolute Gasteiger partial charge is 0.573 e. The van der Waals surface area contributed by atoms with Gasteiger partial charge in [-0.3, -0.25) is 0 Å². The molecule has 2 N–H and O–H groups in total. The van der Waals surface area contributed by atoms with Crippen molar-refractivity contribution in [3.63, 3.8) is 0 Å². The second kappa shape index (κ2) is 11.6. The fraction of sp³-hybridized carbons (Fsp3) is 0.650. The van der Waals surface area contributed by atoms with Crippen molar-refractivity contribution in [2.45, 2.75) is 44.6 Å². The fourth-order valence-corrected chi connectivity index (χ4v) is 3.89. The Morgan fingerprint density at radius 2 is 1.90 bits per heavy atom. The summed E-state index contributed by atoms with van der Waals surface area (Å²) in [6.45, 7) is 5.74. The zero-order valence-electron chi connectivity index (χ0n) is 16.9. The van der Waals surface area contributed by atoms with E-state index < -0.39 is 6.36 Å². The highest BCUT2D eigenvalue weighted by atomic mass is 35.5. The van der Waals surface area contributed by atoms with E-state index in [-0.39, 0.29) is 36.8 Å². The topological polar surface area (TPSA) is 56.8 Å². The van der Waals surface area contributed by atoms with Crippen molar-refractivity contribution < 1.29 is 22.7 Å². The number of urea groups is 1. The molecule has 0 aromatic heterocycles. The average Bonchev–Trinajstić information content (AvgIpc) is 3.21. The lowest BCUT2D eigenvalue weighted by Crippen LogP contribution is -2.53. The van der Waals surface area contributed by atoms with Crippen molar-refractivity contribution in [1.29, 1.82) is 0 Å². The summed E-state index contributed by atoms with van der Waals surface area (Å²) in [5.41, 5.74) is 0.717. The molecule has 6 nitrogen and oxygen atoms in total. The highest BCUT2D eigenvalue weighted by molar-refractivity contribution is 5.85. The van der Waals surface area contributed by atoms with Gasteiger partial charge in [0.1, 0.15) is 5.75 Å². The molecule has 0 aliphatic carbocycles. The lowest BCUT2D eigenvalue weighted by Gasteiger charge is -2.35. The van der Waals surface area contributed by atoms with Gasteiger partial charge in [-0.2, -0.15) is 0 Å². The Morgan fingerprint density at radius 1 is 1.20 bits per heavy atom. The molecule has 3 rings (SSSR count). The summed E-state index contributed by atoms with van der Waals surface area (Å²) in [6, 6.07) is 5.59. The molecular formula is C20H30ClF3N4O2. The maximum atomic E-state index is 12.9. The molecule has 1 unspecified atom stereocenters. The number of halogens is 4. The molecule has 30 heavy (non-hydrogen) atoms. The van der Waals surface area contributed by atoms with Gasteiger partial charge in [-0.1, -0.05) is 12.1 Å². The van der Waals surface area contributed by atoms with Crippen LogP contribution in [0, 0.1) is 0 Å². The summed E-state index contributed by atoms with van der Waals surface area (Å²) in [7, 11) is 0. The van der Waals surface area contributed by atoms with E-state index in [9.17, 15) is 18.0 Å². The minimum atomic E-state index is -4.71. The standard InChI is InChI=1S/C20H29F3N4O2.ClH/c21-20(22,23)29-18-7-5-16(6-8-18)14-25-19(28)27(17-4-3-9-24-15-17)13-12-26-10-1-2-11-26;/h5-8,17,24H,1-4,9-15H2,(H,25,28);1H. The van der Waals surface area contributed by atoms with Gasteiger partial charge in [0.15, 0.2) is 0 Å². The lowest BCUT2D eigenvalue weighted by molar-refractivity contribution is -0.274. The molecule has 2 amide bonds. The van der Waals surface area contributed by atoms with Gasteiger partial charge < -0.3 is 25.2 Å². The average molecular weight is 451 g/mol. The molecule has 2 saturated heterocycles. The van der Waals surface area contributed by atoms with Crippen molar-refractivity contribution >= 4 is 18.4 Å². The summed E-state index contributed by atoms with van der Waals surface area (Å²) in [4.78, 5) is 17.2. The maximum absolute atomic E-state index is 12.9. The zero-order chi connectivity index (χ0) is 20.7. The Morgan fingerprint density at radius 3 is 2.50 bits per heavy atom. The van der Waals surface area contributed by atoms with E-state index in [2.05, 4.69) is 20.3 Å². The molecule has 2 fully saturated rings. The number of carbonyl (C=O) groups is 1. The van der Waals surface area contributed by atoms with Crippen LogP contribution in [0.1, 0.15) is 31.2 Å². The molecule has 1 atom stereocenters. The molecule has 2 heterocycles. The van der Waals surface area contributed by atoms with E-state index in [1.807, 2.05) is 4.90 Å². The lowest BCUT2D eigenvalue weighted by atomic mass is 10.1. The van der Waals surface area contributed by atoms with Crippen LogP contribution in [-0.2, 0) is 6.54 Å². The van der Waals surface area contributed by atoms with Crippen LogP contribution in [0.25, 0.3) is 0 Å². The second-order valence-electron chi connectivity index (χ2n) is 7.59. The van der Waals surface area contributed by atoms with Gasteiger partial charge in [0.25, 0.3) is 0 Å². The molecule has 2 aliphatic heterocycles. The van der Waals surface area contributed by atoms with Gasteiger partial charge in [0.2, 0.25) is 0 Å². The molecule has 170 valence electrons. The van der Waals surface area contributed by atoms with Crippen LogP contribution in [0.5, 0.6) is 5.75 Å². The van der Waals surface area contributed by atoms with Crippen LogP contribution in [0.2, 0.25) is 0 Å². The van der Waals surface area contributed by atoms with Gasteiger partial charge in [-0.05, 0) is 63.0 Å². The first-order chi connectivity index (χ1) is 13.9. The molecule has 0 radical (unpaired) electrons. The first-order valence-corrected chi connectivity index (χ1v) is 10.2. The van der Waals surface area contributed by atoms with Crippen LogP contribution >= 0.6 is 12.4 Å². The van der Waals surface area contributed by atoms with Crippen molar-refractivity contribution in [2.75, 3.05) is 39.3 Å². The Balaban J connectivity index is 0.00000320. The number of nitrogens with one attached hydrogen (secondary N) is 2. The van der Waals surface area contributed by atoms with E-state index >= 15 is 0 Å². The summed E-state index contributed by atoms with van der Waals surface area (Å²) >= 11 is 0. The maximum Gasteiger partial charge on any atom is 0.573 e. The number of hydrogen-bond acceptors (Lipinski definition) is 4. The van der Waals surface area contributed by atoms with Gasteiger partial charge >= 0.3 is 12.4 Å². The normalized spacial score (nSPS) is 19.8. The first-order valence-electron chi connectivity index (χ1n) is 10.2. The Bertz CT molecular complexity index is 648. The highest BCUT2D eigenvalue weighted by Crippen LogP contribution is 2.22. The van der Waals surface area contributed by atoms with Gasteiger partial charge in [0, 0.05) is 32.2 Å². The molecular weight excluding hydrogens is 421 g/mol. The number of ether oxygens (including phenoxy) is 1. The van der Waals surface area contributed by atoms with Crippen LogP contribution < -0.4 is 15.4 Å². The zero-order valence-corrected chi connectivity index (χ0v) is 17.7. The molecule has 2 aliphatic rings. The monoisotopic (exact) mass is 450 g/mol. The number of nitrogens with zero attached hydrogens (tertiary/aromatic N) is 2. The van der Waals surface area contributed by atoms with E-state index in [1.165, 1.54) is 37.1 Å². The number of alkyl halides is 3. The van der Waals surface area contributed by atoms with Crippen molar-refractivity contribution in [2.24, 2.45) is 0 Å². The number of benzene rings is 1. The number of rotatable bonds is 7. The molecule has 10 heteroatoms. The molecule has 1 aromatic rings. The first kappa shape index (κ1) is 24.6. The van der Waals surface area contributed by atoms with Crippen LogP contribution in [-0.4, -0.2) is 67.5 Å². The third kappa shape index (κ3) is 7.85. The number of likely N-dealkylation sites (tertiary alicyclic amines) is 1. The Kier molecular flexibility index (Phi) is 9.51. The van der Waals surface area contributed by atoms with Gasteiger partial charge in [-0.15, -0.1) is 25.6 Å². The summed E-state index contributed by atoms with van der Waals surface area (Å²) in [5.74, 6) is -0.270. The quantitative estimate of drug-likeness (QED) is 0.668. The van der Waals surface area contributed by atoms with Crippen molar-refractivity contribution in [3.8, 4) is 5.75 Å². The predicted octanol–water partition coefficient (Wildman–Crippen LogP) is 3.37. The second-order valence-corrected chi connectivity index (χ2v) is 7.59. The van der Waals surface area contributed by atoms with E-state index in [0.717, 1.165) is 45.6 Å². The van der Waals surface area contributed by atoms with Crippen molar-refractivity contribution in [1.82, 2.24) is 20.4 Å². The molecule has 0 bridgehead atoms. The summed E-state index contributed by atoms with van der Waals surface area (Å²) in [6.07, 6.45) is -0.265. The summed E-state index contributed by atoms with van der Waals surface area (Å²) < 4.78 is 40.6. The van der Waals surface area contributed by atoms with Crippen molar-refractivity contribution in [3.05, 3.63) is 29.8 Å². The predicted molar refractivity (Wildman–Crippen MR) is 111 cm³/mol. The number of carbonyl (C=O) groups excluding carboxylic acids is 1. The smallest absolute Gasteiger partial charge is 0.406 e. The number of hydrogen-bond donors (Lipinski definition) is 2. The van der Waals surface area contributed by atoms with Crippen LogP contribution in [0.3, 0.4) is 0 Å². The minimum absolute atomic E-state index is 0. The SMILES string of the molecule is Cl.O=C(NCc1ccc(OC(F)(F)F)cc1)N(CCN1CCCC1)C1CCCNC1. The number of amides is 2. The number of piperidine rings is 1. The van der Waals surface area contributed by atoms with Gasteiger partial charge in [0.05, 0.1) is 0 Å². The van der Waals surface area contributed by atoms with E-state index in [1.54, 1.807) is 0 Å². The third-order valence-electron chi connectivity index (χ3n) is 5.43. The van der Waals surface area contributed by atoms with E-state index in [4.69, 9.17) is 0 Å². The highest BCUT2D eigenvalue weighted by Gasteiger charge is 2.31. The van der Waals surface area contributed by atoms with E-state index in [0.29, 0.717) is 12.1 Å². The van der Waals surface area contributed by atoms with Gasteiger partial charge in [-0.25, -0.2) is 4.79 Å². The molecule has 1 aromatic carbocycles. The summed E-state index contributed by atoms with van der Waals surface area (Å²) in [5, 5.41) is 6.27. The fourth-order valence-electron chi connectivity index (χ4n) is 3.89. The minimum Gasteiger partial charge on any atom is -0.406 e. The third-order valence-corrected chi connectivity index (χ3v) is 5.43. The van der Waals surface area contributed by atoms with Crippen LogP contribution in [0.4, 0.5) is 18.0 Å². The Labute approximate surface area is 181 Å².